The Balaban J connectivity index is 1.48. The maximum atomic E-state index is 12.9. The van der Waals surface area contributed by atoms with E-state index >= 15 is 0 Å². The molecule has 120 valence electrons. The van der Waals surface area contributed by atoms with E-state index in [1.165, 1.54) is 12.1 Å². The van der Waals surface area contributed by atoms with E-state index in [4.69, 9.17) is 4.74 Å². The summed E-state index contributed by atoms with van der Waals surface area (Å²) in [5.41, 5.74) is 0.794. The second-order valence-corrected chi connectivity index (χ2v) is 5.55. The Kier molecular flexibility index (Phi) is 4.76. The van der Waals surface area contributed by atoms with Gasteiger partial charge in [0.25, 0.3) is 0 Å². The number of carbonyl (C=O) groups excluding carboxylic acids is 1. The summed E-state index contributed by atoms with van der Waals surface area (Å²) in [6, 6.07) is 15.4. The molecule has 1 heterocycles. The summed E-state index contributed by atoms with van der Waals surface area (Å²) in [4.78, 5) is 14.0. The van der Waals surface area contributed by atoms with E-state index in [0.717, 1.165) is 18.5 Å². The zero-order valence-electron chi connectivity index (χ0n) is 12.7. The Morgan fingerprint density at radius 2 is 1.70 bits per heavy atom. The predicted octanol–water partition coefficient (Wildman–Crippen LogP) is 3.90. The number of nitrogens with one attached hydrogen (secondary N) is 1. The lowest BCUT2D eigenvalue weighted by atomic mass is 10.1. The van der Waals surface area contributed by atoms with E-state index in [2.05, 4.69) is 5.32 Å². The first-order valence-corrected chi connectivity index (χ1v) is 7.74. The molecule has 3 rings (SSSR count). The van der Waals surface area contributed by atoms with Crippen molar-refractivity contribution in [2.75, 3.05) is 18.4 Å². The molecule has 4 nitrogen and oxygen atoms in total. The monoisotopic (exact) mass is 314 g/mol. The van der Waals surface area contributed by atoms with Crippen LogP contribution in [-0.2, 0) is 0 Å². The molecule has 2 amide bonds. The van der Waals surface area contributed by atoms with Crippen LogP contribution in [0.3, 0.4) is 0 Å². The number of anilines is 1. The summed E-state index contributed by atoms with van der Waals surface area (Å²) in [7, 11) is 0. The summed E-state index contributed by atoms with van der Waals surface area (Å²) in [5.74, 6) is 0.392. The number of ether oxygens (including phenoxy) is 1. The highest BCUT2D eigenvalue weighted by atomic mass is 19.1. The SMILES string of the molecule is O=C(Nc1ccccc1)N1CCC(Oc2ccc(F)cc2)CC1. The molecule has 0 atom stereocenters. The fraction of sp³-hybridized carbons (Fsp3) is 0.278. The Morgan fingerprint density at radius 3 is 2.35 bits per heavy atom. The van der Waals surface area contributed by atoms with Crippen molar-refractivity contribution in [3.8, 4) is 5.75 Å². The normalized spacial score (nSPS) is 15.3. The van der Waals surface area contributed by atoms with E-state index in [9.17, 15) is 9.18 Å². The van der Waals surface area contributed by atoms with Crippen LogP contribution in [0.1, 0.15) is 12.8 Å². The van der Waals surface area contributed by atoms with Crippen molar-refractivity contribution >= 4 is 11.7 Å². The molecule has 1 aliphatic rings. The summed E-state index contributed by atoms with van der Waals surface area (Å²) < 4.78 is 18.7. The third-order valence-electron chi connectivity index (χ3n) is 3.87. The third-order valence-corrected chi connectivity index (χ3v) is 3.87. The maximum Gasteiger partial charge on any atom is 0.321 e. The van der Waals surface area contributed by atoms with Gasteiger partial charge in [0.05, 0.1) is 0 Å². The number of hydrogen-bond donors (Lipinski definition) is 1. The fourth-order valence-electron chi connectivity index (χ4n) is 2.61. The van der Waals surface area contributed by atoms with Gasteiger partial charge in [0, 0.05) is 31.6 Å². The molecule has 2 aromatic carbocycles. The minimum atomic E-state index is -0.273. The van der Waals surface area contributed by atoms with Crippen LogP contribution in [0.15, 0.2) is 54.6 Å². The van der Waals surface area contributed by atoms with E-state index in [0.29, 0.717) is 18.8 Å². The average Bonchev–Trinajstić information content (AvgIpc) is 2.58. The minimum Gasteiger partial charge on any atom is -0.490 e. The van der Waals surface area contributed by atoms with Gasteiger partial charge in [-0.25, -0.2) is 9.18 Å². The number of likely N-dealkylation sites (tertiary alicyclic amines) is 1. The molecule has 23 heavy (non-hydrogen) atoms. The molecular weight excluding hydrogens is 295 g/mol. The van der Waals surface area contributed by atoms with E-state index in [1.54, 1.807) is 17.0 Å². The molecule has 0 aromatic heterocycles. The van der Waals surface area contributed by atoms with Crippen molar-refractivity contribution in [3.05, 3.63) is 60.4 Å². The molecule has 0 unspecified atom stereocenters. The standard InChI is InChI=1S/C18H19FN2O2/c19-14-6-8-16(9-7-14)23-17-10-12-21(13-11-17)18(22)20-15-4-2-1-3-5-15/h1-9,17H,10-13H2,(H,20,22). The smallest absolute Gasteiger partial charge is 0.321 e. The van der Waals surface area contributed by atoms with Gasteiger partial charge in [0.2, 0.25) is 0 Å². The van der Waals surface area contributed by atoms with E-state index in [1.807, 2.05) is 30.3 Å². The van der Waals surface area contributed by atoms with Gasteiger partial charge in [-0.2, -0.15) is 0 Å². The number of rotatable bonds is 3. The van der Waals surface area contributed by atoms with E-state index in [-0.39, 0.29) is 18.0 Å². The highest BCUT2D eigenvalue weighted by Crippen LogP contribution is 2.20. The molecule has 0 spiro atoms. The number of amides is 2. The van der Waals surface area contributed by atoms with Crippen LogP contribution in [0.4, 0.5) is 14.9 Å². The van der Waals surface area contributed by atoms with Crippen LogP contribution < -0.4 is 10.1 Å². The van der Waals surface area contributed by atoms with Crippen LogP contribution in [0.25, 0.3) is 0 Å². The number of piperidine rings is 1. The largest absolute Gasteiger partial charge is 0.490 e. The number of carbonyl (C=O) groups is 1. The molecule has 0 aliphatic carbocycles. The summed E-state index contributed by atoms with van der Waals surface area (Å²) in [6.45, 7) is 1.29. The lowest BCUT2D eigenvalue weighted by Crippen LogP contribution is -2.43. The summed E-state index contributed by atoms with van der Waals surface area (Å²) >= 11 is 0. The Labute approximate surface area is 134 Å². The molecule has 5 heteroatoms. The van der Waals surface area contributed by atoms with Gasteiger partial charge in [-0.15, -0.1) is 0 Å². The first kappa shape index (κ1) is 15.3. The lowest BCUT2D eigenvalue weighted by Gasteiger charge is -2.32. The zero-order chi connectivity index (χ0) is 16.1. The van der Waals surface area contributed by atoms with Crippen molar-refractivity contribution in [1.29, 1.82) is 0 Å². The van der Waals surface area contributed by atoms with Gasteiger partial charge in [-0.1, -0.05) is 18.2 Å². The van der Waals surface area contributed by atoms with Gasteiger partial charge < -0.3 is 15.0 Å². The lowest BCUT2D eigenvalue weighted by molar-refractivity contribution is 0.115. The molecule has 1 saturated heterocycles. The number of halogens is 1. The first-order chi connectivity index (χ1) is 11.2. The molecule has 1 N–H and O–H groups in total. The molecule has 2 aromatic rings. The molecule has 0 bridgehead atoms. The van der Waals surface area contributed by atoms with Crippen LogP contribution in [0.2, 0.25) is 0 Å². The number of hydrogen-bond acceptors (Lipinski definition) is 2. The van der Waals surface area contributed by atoms with Crippen LogP contribution in [0, 0.1) is 5.82 Å². The second-order valence-electron chi connectivity index (χ2n) is 5.55. The topological polar surface area (TPSA) is 41.6 Å². The number of benzene rings is 2. The van der Waals surface area contributed by atoms with Gasteiger partial charge in [-0.3, -0.25) is 0 Å². The van der Waals surface area contributed by atoms with Crippen molar-refractivity contribution in [2.24, 2.45) is 0 Å². The van der Waals surface area contributed by atoms with Crippen molar-refractivity contribution < 1.29 is 13.9 Å². The minimum absolute atomic E-state index is 0.0567. The fourth-order valence-corrected chi connectivity index (χ4v) is 2.61. The average molecular weight is 314 g/mol. The number of nitrogens with zero attached hydrogens (tertiary/aromatic N) is 1. The van der Waals surface area contributed by atoms with Gasteiger partial charge in [-0.05, 0) is 36.4 Å². The molecule has 0 saturated carbocycles. The van der Waals surface area contributed by atoms with Gasteiger partial charge in [0.1, 0.15) is 17.7 Å². The second kappa shape index (κ2) is 7.13. The number of para-hydroxylation sites is 1. The maximum absolute atomic E-state index is 12.9. The van der Waals surface area contributed by atoms with E-state index < -0.39 is 0 Å². The van der Waals surface area contributed by atoms with Gasteiger partial charge >= 0.3 is 6.03 Å². The van der Waals surface area contributed by atoms with Crippen LogP contribution >= 0.6 is 0 Å². The molecular formula is C18H19FN2O2. The van der Waals surface area contributed by atoms with Gasteiger partial charge in [0.15, 0.2) is 0 Å². The molecule has 1 aliphatic heterocycles. The highest BCUT2D eigenvalue weighted by Gasteiger charge is 2.23. The molecule has 1 fully saturated rings. The van der Waals surface area contributed by atoms with Crippen molar-refractivity contribution in [3.63, 3.8) is 0 Å². The predicted molar refractivity (Wildman–Crippen MR) is 87.1 cm³/mol. The zero-order valence-corrected chi connectivity index (χ0v) is 12.7. The third kappa shape index (κ3) is 4.22. The van der Waals surface area contributed by atoms with Crippen molar-refractivity contribution in [2.45, 2.75) is 18.9 Å². The Hall–Kier alpha value is -2.56. The Bertz CT molecular complexity index is 638. The number of urea groups is 1. The molecule has 0 radical (unpaired) electrons. The van der Waals surface area contributed by atoms with Crippen LogP contribution in [0.5, 0.6) is 5.75 Å². The highest BCUT2D eigenvalue weighted by molar-refractivity contribution is 5.89. The first-order valence-electron chi connectivity index (χ1n) is 7.74. The summed E-state index contributed by atoms with van der Waals surface area (Å²) in [5, 5.41) is 2.89. The summed E-state index contributed by atoms with van der Waals surface area (Å²) in [6.07, 6.45) is 1.58. The van der Waals surface area contributed by atoms with Crippen molar-refractivity contribution in [1.82, 2.24) is 4.90 Å². The Morgan fingerprint density at radius 1 is 1.04 bits per heavy atom. The van der Waals surface area contributed by atoms with Crippen LogP contribution in [-0.4, -0.2) is 30.1 Å². The quantitative estimate of drug-likeness (QED) is 0.933.